The van der Waals surface area contributed by atoms with Gasteiger partial charge in [-0.2, -0.15) is 0 Å². The van der Waals surface area contributed by atoms with Gasteiger partial charge in [0.15, 0.2) is 0 Å². The van der Waals surface area contributed by atoms with E-state index in [1.807, 2.05) is 18.2 Å². The summed E-state index contributed by atoms with van der Waals surface area (Å²) in [5.41, 5.74) is 7.76. The number of hydrogen-bond donors (Lipinski definition) is 1. The Morgan fingerprint density at radius 3 is 2.71 bits per heavy atom. The summed E-state index contributed by atoms with van der Waals surface area (Å²) in [5, 5.41) is 1.16. The van der Waals surface area contributed by atoms with Gasteiger partial charge in [0.2, 0.25) is 5.95 Å². The lowest BCUT2D eigenvalue weighted by molar-refractivity contribution is 1.03. The van der Waals surface area contributed by atoms with Crippen molar-refractivity contribution in [2.45, 2.75) is 18.8 Å². The molecule has 0 saturated heterocycles. The van der Waals surface area contributed by atoms with Crippen molar-refractivity contribution in [2.24, 2.45) is 0 Å². The van der Waals surface area contributed by atoms with Crippen molar-refractivity contribution >= 4 is 16.9 Å². The van der Waals surface area contributed by atoms with Crippen LogP contribution in [0.15, 0.2) is 24.3 Å². The van der Waals surface area contributed by atoms with Crippen molar-refractivity contribution in [3.8, 4) is 0 Å². The van der Waals surface area contributed by atoms with Crippen LogP contribution in [0.4, 0.5) is 5.95 Å². The number of para-hydroxylation sites is 1. The van der Waals surface area contributed by atoms with Crippen molar-refractivity contribution in [1.82, 2.24) is 9.97 Å². The highest BCUT2D eigenvalue weighted by atomic mass is 15.0. The minimum atomic E-state index is 0.394. The second-order valence-corrected chi connectivity index (χ2v) is 3.76. The van der Waals surface area contributed by atoms with E-state index < -0.39 is 0 Å². The number of nitrogens with zero attached hydrogens (tertiary/aromatic N) is 2. The van der Waals surface area contributed by atoms with Crippen molar-refractivity contribution < 1.29 is 0 Å². The number of benzene rings is 1. The highest BCUT2D eigenvalue weighted by molar-refractivity contribution is 5.82. The summed E-state index contributed by atoms with van der Waals surface area (Å²) in [7, 11) is 0. The van der Waals surface area contributed by atoms with Gasteiger partial charge in [-0.15, -0.1) is 0 Å². The van der Waals surface area contributed by atoms with E-state index in [1.54, 1.807) is 0 Å². The lowest BCUT2D eigenvalue weighted by atomic mass is 10.1. The molecule has 70 valence electrons. The van der Waals surface area contributed by atoms with Crippen LogP contribution in [-0.4, -0.2) is 9.97 Å². The molecule has 1 aliphatic rings. The maximum Gasteiger partial charge on any atom is 0.220 e. The molecule has 1 heterocycles. The van der Waals surface area contributed by atoms with E-state index in [0.717, 1.165) is 16.6 Å². The van der Waals surface area contributed by atoms with E-state index in [4.69, 9.17) is 5.73 Å². The quantitative estimate of drug-likeness (QED) is 0.740. The first-order valence-electron chi connectivity index (χ1n) is 4.87. The van der Waals surface area contributed by atoms with Crippen LogP contribution in [0.2, 0.25) is 0 Å². The molecular formula is C11H11N3. The average Bonchev–Trinajstić information content (AvgIpc) is 2.99. The van der Waals surface area contributed by atoms with Crippen LogP contribution in [0.1, 0.15) is 24.5 Å². The Bertz CT molecular complexity index is 489. The number of nitrogen functional groups attached to an aromatic ring is 1. The van der Waals surface area contributed by atoms with Crippen LogP contribution < -0.4 is 5.73 Å². The molecular weight excluding hydrogens is 174 g/mol. The van der Waals surface area contributed by atoms with E-state index in [2.05, 4.69) is 16.0 Å². The van der Waals surface area contributed by atoms with Crippen LogP contribution in [-0.2, 0) is 0 Å². The minimum absolute atomic E-state index is 0.394. The lowest BCUT2D eigenvalue weighted by Crippen LogP contribution is -1.99. The summed E-state index contributed by atoms with van der Waals surface area (Å²) in [6.07, 6.45) is 2.47. The molecule has 1 aromatic carbocycles. The standard InChI is InChI=1S/C11H11N3/c12-11-13-9-4-2-1-3-8(9)10(14-11)7-5-6-7/h1-4,7H,5-6H2,(H2,12,13,14). The van der Waals surface area contributed by atoms with Crippen LogP contribution >= 0.6 is 0 Å². The summed E-state index contributed by atoms with van der Waals surface area (Å²) < 4.78 is 0. The Morgan fingerprint density at radius 2 is 1.93 bits per heavy atom. The first-order valence-corrected chi connectivity index (χ1v) is 4.87. The molecule has 2 aromatic rings. The third-order valence-electron chi connectivity index (χ3n) is 2.61. The van der Waals surface area contributed by atoms with Gasteiger partial charge in [0.05, 0.1) is 11.2 Å². The van der Waals surface area contributed by atoms with Gasteiger partial charge in [0, 0.05) is 11.3 Å². The molecule has 2 N–H and O–H groups in total. The molecule has 1 fully saturated rings. The molecule has 0 radical (unpaired) electrons. The monoisotopic (exact) mass is 185 g/mol. The van der Waals surface area contributed by atoms with Crippen LogP contribution in [0, 0.1) is 0 Å². The van der Waals surface area contributed by atoms with Crippen LogP contribution in [0.5, 0.6) is 0 Å². The molecule has 1 aliphatic carbocycles. The number of anilines is 1. The molecule has 0 atom stereocenters. The van der Waals surface area contributed by atoms with Gasteiger partial charge in [0.1, 0.15) is 0 Å². The SMILES string of the molecule is Nc1nc(C2CC2)c2ccccc2n1. The number of fused-ring (bicyclic) bond motifs is 1. The average molecular weight is 185 g/mol. The molecule has 1 saturated carbocycles. The summed E-state index contributed by atoms with van der Waals surface area (Å²) in [5.74, 6) is 1.01. The Balaban J connectivity index is 2.34. The molecule has 0 bridgehead atoms. The zero-order chi connectivity index (χ0) is 9.54. The number of rotatable bonds is 1. The Morgan fingerprint density at radius 1 is 1.14 bits per heavy atom. The minimum Gasteiger partial charge on any atom is -0.368 e. The second kappa shape index (κ2) is 2.67. The van der Waals surface area contributed by atoms with Crippen LogP contribution in [0.25, 0.3) is 10.9 Å². The smallest absolute Gasteiger partial charge is 0.220 e. The molecule has 0 aliphatic heterocycles. The third kappa shape index (κ3) is 1.13. The molecule has 3 rings (SSSR count). The predicted octanol–water partition coefficient (Wildman–Crippen LogP) is 2.09. The molecule has 1 aromatic heterocycles. The van der Waals surface area contributed by atoms with E-state index in [1.165, 1.54) is 12.8 Å². The van der Waals surface area contributed by atoms with Crippen molar-refractivity contribution in [3.63, 3.8) is 0 Å². The van der Waals surface area contributed by atoms with Crippen molar-refractivity contribution in [1.29, 1.82) is 0 Å². The number of hydrogen-bond acceptors (Lipinski definition) is 3. The normalized spacial score (nSPS) is 16.0. The number of nitrogens with two attached hydrogens (primary N) is 1. The summed E-state index contributed by atoms with van der Waals surface area (Å²) in [6.45, 7) is 0. The van der Waals surface area contributed by atoms with Gasteiger partial charge >= 0.3 is 0 Å². The van der Waals surface area contributed by atoms with E-state index in [-0.39, 0.29) is 0 Å². The fourth-order valence-corrected chi connectivity index (χ4v) is 1.79. The second-order valence-electron chi connectivity index (χ2n) is 3.76. The first kappa shape index (κ1) is 7.74. The lowest BCUT2D eigenvalue weighted by Gasteiger charge is -2.04. The zero-order valence-corrected chi connectivity index (χ0v) is 7.77. The molecule has 3 nitrogen and oxygen atoms in total. The fraction of sp³-hybridized carbons (Fsp3) is 0.273. The van der Waals surface area contributed by atoms with Gasteiger partial charge in [0.25, 0.3) is 0 Å². The summed E-state index contributed by atoms with van der Waals surface area (Å²) in [6, 6.07) is 8.06. The summed E-state index contributed by atoms with van der Waals surface area (Å²) >= 11 is 0. The highest BCUT2D eigenvalue weighted by Gasteiger charge is 2.27. The molecule has 3 heteroatoms. The molecule has 0 spiro atoms. The van der Waals surface area contributed by atoms with Gasteiger partial charge in [-0.05, 0) is 18.9 Å². The van der Waals surface area contributed by atoms with E-state index >= 15 is 0 Å². The maximum atomic E-state index is 5.67. The fourth-order valence-electron chi connectivity index (χ4n) is 1.79. The van der Waals surface area contributed by atoms with Gasteiger partial charge in [-0.25, -0.2) is 9.97 Å². The molecule has 0 amide bonds. The molecule has 14 heavy (non-hydrogen) atoms. The van der Waals surface area contributed by atoms with Gasteiger partial charge in [-0.3, -0.25) is 0 Å². The predicted molar refractivity (Wildman–Crippen MR) is 55.9 cm³/mol. The third-order valence-corrected chi connectivity index (χ3v) is 2.61. The van der Waals surface area contributed by atoms with Gasteiger partial charge in [-0.1, -0.05) is 18.2 Å². The Kier molecular flexibility index (Phi) is 1.48. The zero-order valence-electron chi connectivity index (χ0n) is 7.77. The van der Waals surface area contributed by atoms with Crippen molar-refractivity contribution in [3.05, 3.63) is 30.0 Å². The van der Waals surface area contributed by atoms with E-state index in [9.17, 15) is 0 Å². The topological polar surface area (TPSA) is 51.8 Å². The maximum absolute atomic E-state index is 5.67. The Hall–Kier alpha value is -1.64. The van der Waals surface area contributed by atoms with Crippen LogP contribution in [0.3, 0.4) is 0 Å². The number of aromatic nitrogens is 2. The van der Waals surface area contributed by atoms with Crippen molar-refractivity contribution in [2.75, 3.05) is 5.73 Å². The summed E-state index contributed by atoms with van der Waals surface area (Å²) in [4.78, 5) is 8.54. The first-order chi connectivity index (χ1) is 6.84. The van der Waals surface area contributed by atoms with Gasteiger partial charge < -0.3 is 5.73 Å². The molecule has 0 unspecified atom stereocenters. The van der Waals surface area contributed by atoms with E-state index in [0.29, 0.717) is 11.9 Å². The Labute approximate surface area is 82.0 Å². The highest BCUT2D eigenvalue weighted by Crippen LogP contribution is 2.41. The largest absolute Gasteiger partial charge is 0.368 e.